The molecule has 6 heteroatoms. The van der Waals surface area contributed by atoms with Crippen molar-refractivity contribution in [1.29, 1.82) is 0 Å². The molecular formula is C13H16N4OS. The predicted octanol–water partition coefficient (Wildman–Crippen LogP) is 2.34. The summed E-state index contributed by atoms with van der Waals surface area (Å²) in [6, 6.07) is 9.77. The number of nitrogens with one attached hydrogen (secondary N) is 2. The Morgan fingerprint density at radius 1 is 1.26 bits per heavy atom. The molecule has 1 aromatic carbocycles. The highest BCUT2D eigenvalue weighted by atomic mass is 32.1. The number of thiocarbonyl (C=S) groups is 1. The Hall–Kier alpha value is -1.92. The number of nitrogens with zero attached hydrogens (tertiary/aromatic N) is 2. The zero-order valence-electron chi connectivity index (χ0n) is 10.7. The number of rotatable bonds is 5. The van der Waals surface area contributed by atoms with Gasteiger partial charge in [-0.25, -0.2) is 0 Å². The molecule has 2 N–H and O–H groups in total. The van der Waals surface area contributed by atoms with Crippen LogP contribution in [0.1, 0.15) is 0 Å². The highest BCUT2D eigenvalue weighted by molar-refractivity contribution is 7.80. The Balaban J connectivity index is 1.86. The third-order valence-electron chi connectivity index (χ3n) is 2.45. The van der Waals surface area contributed by atoms with Gasteiger partial charge in [-0.15, -0.1) is 0 Å². The van der Waals surface area contributed by atoms with Gasteiger partial charge >= 0.3 is 0 Å². The second-order valence-corrected chi connectivity index (χ2v) is 4.34. The first-order valence-corrected chi connectivity index (χ1v) is 6.33. The van der Waals surface area contributed by atoms with Crippen LogP contribution in [0.5, 0.6) is 0 Å². The third kappa shape index (κ3) is 4.35. The Morgan fingerprint density at radius 2 is 2.00 bits per heavy atom. The zero-order chi connectivity index (χ0) is 13.5. The van der Waals surface area contributed by atoms with E-state index < -0.39 is 0 Å². The number of anilines is 2. The molecule has 0 aliphatic rings. The molecule has 0 aliphatic carbocycles. The van der Waals surface area contributed by atoms with Crippen LogP contribution in [0.2, 0.25) is 0 Å². The van der Waals surface area contributed by atoms with Gasteiger partial charge < -0.3 is 15.4 Å². The Morgan fingerprint density at radius 3 is 2.74 bits per heavy atom. The summed E-state index contributed by atoms with van der Waals surface area (Å²) < 4.78 is 6.80. The van der Waals surface area contributed by atoms with E-state index in [9.17, 15) is 0 Å². The lowest BCUT2D eigenvalue weighted by atomic mass is 10.3. The van der Waals surface area contributed by atoms with Gasteiger partial charge in [-0.2, -0.15) is 5.10 Å². The van der Waals surface area contributed by atoms with Crippen LogP contribution in [0.4, 0.5) is 11.4 Å². The monoisotopic (exact) mass is 276 g/mol. The summed E-state index contributed by atoms with van der Waals surface area (Å²) >= 11 is 5.23. The molecule has 0 unspecified atom stereocenters. The molecule has 2 aromatic rings. The van der Waals surface area contributed by atoms with Gasteiger partial charge in [-0.1, -0.05) is 18.2 Å². The summed E-state index contributed by atoms with van der Waals surface area (Å²) in [7, 11) is 1.67. The number of aromatic nitrogens is 2. The lowest BCUT2D eigenvalue weighted by molar-refractivity contribution is 0.183. The Labute approximate surface area is 117 Å². The topological polar surface area (TPSA) is 51.1 Å². The van der Waals surface area contributed by atoms with E-state index in [2.05, 4.69) is 15.7 Å². The van der Waals surface area contributed by atoms with Crippen molar-refractivity contribution in [2.45, 2.75) is 6.54 Å². The first-order chi connectivity index (χ1) is 9.28. The molecule has 0 saturated heterocycles. The fraction of sp³-hybridized carbons (Fsp3) is 0.231. The summed E-state index contributed by atoms with van der Waals surface area (Å²) in [5.74, 6) is 0. The van der Waals surface area contributed by atoms with Gasteiger partial charge in [0.2, 0.25) is 0 Å². The molecule has 1 aromatic heterocycles. The smallest absolute Gasteiger partial charge is 0.175 e. The average Bonchev–Trinajstić information content (AvgIpc) is 2.85. The molecule has 0 aliphatic heterocycles. The van der Waals surface area contributed by atoms with E-state index in [0.717, 1.165) is 17.9 Å². The van der Waals surface area contributed by atoms with Crippen LogP contribution < -0.4 is 10.6 Å². The Bertz CT molecular complexity index is 526. The molecule has 5 nitrogen and oxygen atoms in total. The average molecular weight is 276 g/mol. The second kappa shape index (κ2) is 6.86. The first kappa shape index (κ1) is 13.5. The van der Waals surface area contributed by atoms with Crippen LogP contribution in [0, 0.1) is 0 Å². The van der Waals surface area contributed by atoms with Crippen molar-refractivity contribution in [3.05, 3.63) is 42.7 Å². The zero-order valence-corrected chi connectivity index (χ0v) is 11.5. The molecule has 0 spiro atoms. The maximum Gasteiger partial charge on any atom is 0.175 e. The Kier molecular flexibility index (Phi) is 4.88. The molecule has 0 radical (unpaired) electrons. The number of ether oxygens (including phenoxy) is 1. The molecule has 0 amide bonds. The van der Waals surface area contributed by atoms with E-state index in [-0.39, 0.29) is 0 Å². The molecule has 100 valence electrons. The van der Waals surface area contributed by atoms with E-state index in [1.165, 1.54) is 0 Å². The lowest BCUT2D eigenvalue weighted by Gasteiger charge is -2.08. The van der Waals surface area contributed by atoms with Crippen molar-refractivity contribution in [2.24, 2.45) is 0 Å². The SMILES string of the molecule is COCCn1cc(NC(=S)Nc2ccccc2)cn1. The van der Waals surface area contributed by atoms with E-state index >= 15 is 0 Å². The van der Waals surface area contributed by atoms with Gasteiger partial charge in [0.1, 0.15) is 0 Å². The maximum atomic E-state index is 5.23. The molecular weight excluding hydrogens is 260 g/mol. The first-order valence-electron chi connectivity index (χ1n) is 5.92. The fourth-order valence-corrected chi connectivity index (χ4v) is 1.79. The number of hydrogen-bond donors (Lipinski definition) is 2. The highest BCUT2D eigenvalue weighted by Crippen LogP contribution is 2.08. The molecule has 1 heterocycles. The summed E-state index contributed by atoms with van der Waals surface area (Å²) in [4.78, 5) is 0. The fourth-order valence-electron chi connectivity index (χ4n) is 1.55. The maximum absolute atomic E-state index is 5.23. The second-order valence-electron chi connectivity index (χ2n) is 3.93. The largest absolute Gasteiger partial charge is 0.383 e. The van der Waals surface area contributed by atoms with Crippen LogP contribution in [-0.2, 0) is 11.3 Å². The van der Waals surface area contributed by atoms with Crippen molar-refractivity contribution in [3.8, 4) is 0 Å². The quantitative estimate of drug-likeness (QED) is 0.821. The third-order valence-corrected chi connectivity index (χ3v) is 2.65. The van der Waals surface area contributed by atoms with Crippen LogP contribution in [0.25, 0.3) is 0 Å². The number of para-hydroxylation sites is 1. The molecule has 0 bridgehead atoms. The van der Waals surface area contributed by atoms with E-state index in [1.807, 2.05) is 36.5 Å². The van der Waals surface area contributed by atoms with Gasteiger partial charge in [-0.3, -0.25) is 4.68 Å². The van der Waals surface area contributed by atoms with Crippen molar-refractivity contribution in [2.75, 3.05) is 24.4 Å². The van der Waals surface area contributed by atoms with E-state index in [0.29, 0.717) is 11.7 Å². The number of methoxy groups -OCH3 is 1. The lowest BCUT2D eigenvalue weighted by Crippen LogP contribution is -2.18. The van der Waals surface area contributed by atoms with E-state index in [1.54, 1.807) is 18.0 Å². The minimum Gasteiger partial charge on any atom is -0.383 e. The summed E-state index contributed by atoms with van der Waals surface area (Å²) in [6.07, 6.45) is 3.62. The van der Waals surface area contributed by atoms with Crippen LogP contribution in [0.3, 0.4) is 0 Å². The van der Waals surface area contributed by atoms with Crippen LogP contribution in [-0.4, -0.2) is 28.6 Å². The van der Waals surface area contributed by atoms with Gasteiger partial charge in [0, 0.05) is 19.0 Å². The van der Waals surface area contributed by atoms with Gasteiger partial charge in [0.15, 0.2) is 5.11 Å². The minimum atomic E-state index is 0.539. The van der Waals surface area contributed by atoms with Gasteiger partial charge in [0.25, 0.3) is 0 Å². The van der Waals surface area contributed by atoms with Crippen molar-refractivity contribution < 1.29 is 4.74 Å². The normalized spacial score (nSPS) is 10.2. The van der Waals surface area contributed by atoms with Gasteiger partial charge in [0.05, 0.1) is 25.0 Å². The molecule has 0 saturated carbocycles. The van der Waals surface area contributed by atoms with Gasteiger partial charge in [-0.05, 0) is 24.4 Å². The summed E-state index contributed by atoms with van der Waals surface area (Å²) in [5.41, 5.74) is 1.80. The van der Waals surface area contributed by atoms with Crippen molar-refractivity contribution >= 4 is 28.7 Å². The summed E-state index contributed by atoms with van der Waals surface area (Å²) in [6.45, 7) is 1.35. The number of hydrogen-bond acceptors (Lipinski definition) is 3. The standard InChI is InChI=1S/C13H16N4OS/c1-18-8-7-17-10-12(9-14-17)16-13(19)15-11-5-3-2-4-6-11/h2-6,9-10H,7-8H2,1H3,(H2,15,16,19). The highest BCUT2D eigenvalue weighted by Gasteiger charge is 2.01. The molecule has 2 rings (SSSR count). The molecule has 19 heavy (non-hydrogen) atoms. The minimum absolute atomic E-state index is 0.539. The van der Waals surface area contributed by atoms with Crippen LogP contribution in [0.15, 0.2) is 42.7 Å². The molecule has 0 atom stereocenters. The van der Waals surface area contributed by atoms with Crippen molar-refractivity contribution in [3.63, 3.8) is 0 Å². The van der Waals surface area contributed by atoms with Crippen LogP contribution >= 0.6 is 12.2 Å². The molecule has 0 fully saturated rings. The summed E-state index contributed by atoms with van der Waals surface area (Å²) in [5, 5.41) is 10.9. The van der Waals surface area contributed by atoms with Crippen molar-refractivity contribution in [1.82, 2.24) is 9.78 Å². The predicted molar refractivity (Wildman–Crippen MR) is 80.4 cm³/mol. The van der Waals surface area contributed by atoms with E-state index in [4.69, 9.17) is 17.0 Å². The number of benzene rings is 1.